The number of benzene rings is 1. The number of para-hydroxylation sites is 1. The van der Waals surface area contributed by atoms with Crippen LogP contribution in [0.3, 0.4) is 0 Å². The minimum atomic E-state index is 1.05. The predicted octanol–water partition coefficient (Wildman–Crippen LogP) is 2.52. The van der Waals surface area contributed by atoms with Crippen molar-refractivity contribution < 1.29 is 0 Å². The minimum absolute atomic E-state index is 1.05. The number of hydrogen-bond donors (Lipinski definition) is 1. The van der Waals surface area contributed by atoms with Gasteiger partial charge in [-0.15, -0.1) is 0 Å². The average Bonchev–Trinajstić information content (AvgIpc) is 2.28. The lowest BCUT2D eigenvalue weighted by atomic mass is 10.2. The van der Waals surface area contributed by atoms with Crippen LogP contribution in [0.4, 0.5) is 5.69 Å². The van der Waals surface area contributed by atoms with E-state index in [1.54, 1.807) is 0 Å². The zero-order valence-electron chi connectivity index (χ0n) is 6.38. The number of rotatable bonds is 0. The summed E-state index contributed by atoms with van der Waals surface area (Å²) < 4.78 is 0. The molecule has 1 heteroatoms. The van der Waals surface area contributed by atoms with Gasteiger partial charge in [0.25, 0.3) is 0 Å². The van der Waals surface area contributed by atoms with E-state index in [2.05, 4.69) is 41.7 Å². The van der Waals surface area contributed by atoms with E-state index in [-0.39, 0.29) is 0 Å². The van der Waals surface area contributed by atoms with Crippen molar-refractivity contribution in [2.45, 2.75) is 6.42 Å². The molecule has 0 fully saturated rings. The second-order valence-corrected chi connectivity index (χ2v) is 2.71. The van der Waals surface area contributed by atoms with Crippen molar-refractivity contribution in [3.05, 3.63) is 35.9 Å². The van der Waals surface area contributed by atoms with E-state index in [0.29, 0.717) is 0 Å². The maximum absolute atomic E-state index is 3.36. The first-order valence-electron chi connectivity index (χ1n) is 3.96. The molecule has 0 atom stereocenters. The van der Waals surface area contributed by atoms with Gasteiger partial charge in [0.1, 0.15) is 0 Å². The monoisotopic (exact) mass is 145 g/mol. The van der Waals surface area contributed by atoms with Crippen molar-refractivity contribution >= 4 is 11.8 Å². The molecule has 56 valence electrons. The van der Waals surface area contributed by atoms with E-state index in [1.807, 2.05) is 0 Å². The Morgan fingerprint density at radius 1 is 1.18 bits per heavy atom. The SMILES string of the molecule is C1=Cc2ccccc2NCC1. The van der Waals surface area contributed by atoms with Gasteiger partial charge in [-0.2, -0.15) is 0 Å². The molecule has 0 radical (unpaired) electrons. The summed E-state index contributed by atoms with van der Waals surface area (Å²) in [4.78, 5) is 0. The van der Waals surface area contributed by atoms with Crippen molar-refractivity contribution in [2.24, 2.45) is 0 Å². The molecule has 11 heavy (non-hydrogen) atoms. The Labute approximate surface area is 66.7 Å². The van der Waals surface area contributed by atoms with E-state index in [9.17, 15) is 0 Å². The van der Waals surface area contributed by atoms with Crippen molar-refractivity contribution in [3.8, 4) is 0 Å². The van der Waals surface area contributed by atoms with Crippen LogP contribution in [0.25, 0.3) is 6.08 Å². The summed E-state index contributed by atoms with van der Waals surface area (Å²) >= 11 is 0. The first kappa shape index (κ1) is 6.47. The molecule has 1 aromatic rings. The largest absolute Gasteiger partial charge is 0.384 e. The Kier molecular flexibility index (Phi) is 1.64. The highest BCUT2D eigenvalue weighted by Gasteiger charge is 1.98. The lowest BCUT2D eigenvalue weighted by molar-refractivity contribution is 1.08. The molecule has 1 aromatic carbocycles. The highest BCUT2D eigenvalue weighted by molar-refractivity contribution is 5.67. The molecule has 0 amide bonds. The second kappa shape index (κ2) is 2.79. The van der Waals surface area contributed by atoms with E-state index < -0.39 is 0 Å². The molecule has 0 saturated carbocycles. The summed E-state index contributed by atoms with van der Waals surface area (Å²) in [5.74, 6) is 0. The van der Waals surface area contributed by atoms with E-state index >= 15 is 0 Å². The molecular weight excluding hydrogens is 134 g/mol. The molecule has 0 aromatic heterocycles. The molecule has 2 rings (SSSR count). The Balaban J connectivity index is 2.45. The van der Waals surface area contributed by atoms with Gasteiger partial charge >= 0.3 is 0 Å². The fraction of sp³-hybridized carbons (Fsp3) is 0.200. The zero-order chi connectivity index (χ0) is 7.52. The minimum Gasteiger partial charge on any atom is -0.384 e. The molecule has 1 heterocycles. The lowest BCUT2D eigenvalue weighted by Gasteiger charge is -2.04. The maximum Gasteiger partial charge on any atom is 0.0413 e. The normalized spacial score (nSPS) is 14.9. The van der Waals surface area contributed by atoms with Gasteiger partial charge in [0.05, 0.1) is 0 Å². The van der Waals surface area contributed by atoms with Crippen LogP contribution in [0.15, 0.2) is 30.3 Å². The number of hydrogen-bond acceptors (Lipinski definition) is 1. The van der Waals surface area contributed by atoms with Gasteiger partial charge in [0.15, 0.2) is 0 Å². The summed E-state index contributed by atoms with van der Waals surface area (Å²) in [7, 11) is 0. The summed E-state index contributed by atoms with van der Waals surface area (Å²) in [6, 6.07) is 8.37. The van der Waals surface area contributed by atoms with Crippen molar-refractivity contribution in [3.63, 3.8) is 0 Å². The van der Waals surface area contributed by atoms with Gasteiger partial charge in [-0.3, -0.25) is 0 Å². The molecule has 1 aliphatic rings. The lowest BCUT2D eigenvalue weighted by Crippen LogP contribution is -1.98. The topological polar surface area (TPSA) is 12.0 Å². The van der Waals surface area contributed by atoms with Gasteiger partial charge in [-0.1, -0.05) is 30.4 Å². The highest BCUT2D eigenvalue weighted by Crippen LogP contribution is 2.18. The standard InChI is InChI=1S/C10H11N/c1-2-7-10-9(5-1)6-3-4-8-11-10/h1-3,5-7,11H,4,8H2. The van der Waals surface area contributed by atoms with Crippen LogP contribution in [-0.4, -0.2) is 6.54 Å². The zero-order valence-corrected chi connectivity index (χ0v) is 6.38. The molecular formula is C10H11N. The van der Waals surface area contributed by atoms with Gasteiger partial charge in [0.2, 0.25) is 0 Å². The third-order valence-corrected chi connectivity index (χ3v) is 1.88. The fourth-order valence-electron chi connectivity index (χ4n) is 1.30. The number of fused-ring (bicyclic) bond motifs is 1. The third kappa shape index (κ3) is 1.27. The second-order valence-electron chi connectivity index (χ2n) is 2.71. The summed E-state index contributed by atoms with van der Waals surface area (Å²) in [5.41, 5.74) is 2.55. The van der Waals surface area contributed by atoms with E-state index in [4.69, 9.17) is 0 Å². The first-order valence-corrected chi connectivity index (χ1v) is 3.96. The Morgan fingerprint density at radius 3 is 3.09 bits per heavy atom. The van der Waals surface area contributed by atoms with Crippen LogP contribution < -0.4 is 5.32 Å². The van der Waals surface area contributed by atoms with Crippen molar-refractivity contribution in [1.82, 2.24) is 0 Å². The molecule has 1 N–H and O–H groups in total. The van der Waals surface area contributed by atoms with Crippen LogP contribution >= 0.6 is 0 Å². The first-order chi connectivity index (χ1) is 5.47. The van der Waals surface area contributed by atoms with Crippen LogP contribution in [0.5, 0.6) is 0 Å². The average molecular weight is 145 g/mol. The molecule has 0 unspecified atom stereocenters. The quantitative estimate of drug-likeness (QED) is 0.591. The summed E-state index contributed by atoms with van der Waals surface area (Å²) in [5, 5.41) is 3.36. The molecule has 0 aliphatic carbocycles. The van der Waals surface area contributed by atoms with Crippen LogP contribution in [-0.2, 0) is 0 Å². The highest BCUT2D eigenvalue weighted by atomic mass is 14.9. The van der Waals surface area contributed by atoms with Gasteiger partial charge in [-0.25, -0.2) is 0 Å². The van der Waals surface area contributed by atoms with Gasteiger partial charge in [0, 0.05) is 12.2 Å². The van der Waals surface area contributed by atoms with Crippen LogP contribution in [0.2, 0.25) is 0 Å². The maximum atomic E-state index is 3.36. The van der Waals surface area contributed by atoms with E-state index in [0.717, 1.165) is 13.0 Å². The van der Waals surface area contributed by atoms with Crippen LogP contribution in [0, 0.1) is 0 Å². The van der Waals surface area contributed by atoms with Crippen molar-refractivity contribution in [2.75, 3.05) is 11.9 Å². The molecule has 1 nitrogen and oxygen atoms in total. The molecule has 1 aliphatic heterocycles. The Bertz CT molecular complexity index is 276. The van der Waals surface area contributed by atoms with E-state index in [1.165, 1.54) is 11.3 Å². The summed E-state index contributed by atoms with van der Waals surface area (Å²) in [6.45, 7) is 1.05. The van der Waals surface area contributed by atoms with Crippen molar-refractivity contribution in [1.29, 1.82) is 0 Å². The predicted molar refractivity (Wildman–Crippen MR) is 48.6 cm³/mol. The number of nitrogens with one attached hydrogen (secondary N) is 1. The smallest absolute Gasteiger partial charge is 0.0413 e. The molecule has 0 saturated heterocycles. The Morgan fingerprint density at radius 2 is 2.09 bits per heavy atom. The Hall–Kier alpha value is -1.24. The van der Waals surface area contributed by atoms with Gasteiger partial charge in [-0.05, 0) is 18.1 Å². The van der Waals surface area contributed by atoms with Crippen LogP contribution in [0.1, 0.15) is 12.0 Å². The third-order valence-electron chi connectivity index (χ3n) is 1.88. The van der Waals surface area contributed by atoms with Gasteiger partial charge < -0.3 is 5.32 Å². The number of anilines is 1. The molecule has 0 spiro atoms. The fourth-order valence-corrected chi connectivity index (χ4v) is 1.30. The summed E-state index contributed by atoms with van der Waals surface area (Å²) in [6.07, 6.45) is 5.50. The molecule has 0 bridgehead atoms.